The molecule has 190 valence electrons. The summed E-state index contributed by atoms with van der Waals surface area (Å²) in [4.78, 5) is 17.4. The number of nitrogens with one attached hydrogen (secondary N) is 1. The molecular weight excluding hydrogens is 510 g/mol. The van der Waals surface area contributed by atoms with Gasteiger partial charge in [-0.15, -0.1) is 0 Å². The van der Waals surface area contributed by atoms with Crippen LogP contribution < -0.4 is 5.32 Å². The summed E-state index contributed by atoms with van der Waals surface area (Å²) in [6.45, 7) is -0.200. The number of alkyl halides is 3. The first-order chi connectivity index (χ1) is 17.0. The summed E-state index contributed by atoms with van der Waals surface area (Å²) in [5.41, 5.74) is 3.36. The van der Waals surface area contributed by atoms with Gasteiger partial charge in [0, 0.05) is 28.7 Å². The molecule has 0 aliphatic rings. The van der Waals surface area contributed by atoms with E-state index < -0.39 is 24.1 Å². The standard InChI is InChI=1S/C20H17ClFN5O2.C2HF3O2/c21-12-1-2-16(22)15(7-12)18-8-13(3-5-23-18)25-17-4-6-24-19-10-27(26-20(17)19)9-14(29)11-28;3-2(4,5)1(6)7/h1-8,10,14,28-29H,9,11H2,(H,23,25);(H,6,7)/t14-;/m0./s1. The lowest BCUT2D eigenvalue weighted by atomic mass is 10.1. The molecule has 0 amide bonds. The maximum Gasteiger partial charge on any atom is 0.490 e. The fourth-order valence-electron chi connectivity index (χ4n) is 2.94. The summed E-state index contributed by atoms with van der Waals surface area (Å²) in [6, 6.07) is 9.56. The Morgan fingerprint density at radius 2 is 1.83 bits per heavy atom. The molecule has 3 heterocycles. The Balaban J connectivity index is 0.000000454. The molecule has 0 aliphatic carbocycles. The number of anilines is 2. The smallest absolute Gasteiger partial charge is 0.475 e. The SMILES string of the molecule is O=C(O)C(F)(F)F.OC[C@@H](O)Cn1cc2nccc(Nc3ccnc(-c4cc(Cl)ccc4F)c3)c2n1. The third-order valence-electron chi connectivity index (χ3n) is 4.55. The first-order valence-corrected chi connectivity index (χ1v) is 10.5. The summed E-state index contributed by atoms with van der Waals surface area (Å²) in [7, 11) is 0. The van der Waals surface area contributed by atoms with Crippen LogP contribution in [0.2, 0.25) is 5.02 Å². The van der Waals surface area contributed by atoms with Gasteiger partial charge in [0.15, 0.2) is 0 Å². The highest BCUT2D eigenvalue weighted by Gasteiger charge is 2.38. The van der Waals surface area contributed by atoms with Crippen LogP contribution in [0.15, 0.2) is 55.0 Å². The molecule has 4 N–H and O–H groups in total. The predicted octanol–water partition coefficient (Wildman–Crippen LogP) is 4.02. The fourth-order valence-corrected chi connectivity index (χ4v) is 3.11. The van der Waals surface area contributed by atoms with E-state index in [-0.39, 0.29) is 13.2 Å². The van der Waals surface area contributed by atoms with Crippen LogP contribution in [0, 0.1) is 5.82 Å². The van der Waals surface area contributed by atoms with Crippen LogP contribution in [0.5, 0.6) is 0 Å². The molecule has 0 fully saturated rings. The highest BCUT2D eigenvalue weighted by atomic mass is 35.5. The molecule has 36 heavy (non-hydrogen) atoms. The van der Waals surface area contributed by atoms with E-state index in [0.717, 1.165) is 0 Å². The van der Waals surface area contributed by atoms with Crippen LogP contribution in [0.4, 0.5) is 28.9 Å². The summed E-state index contributed by atoms with van der Waals surface area (Å²) >= 11 is 5.99. The van der Waals surface area contributed by atoms with E-state index in [9.17, 15) is 22.7 Å². The molecule has 0 saturated carbocycles. The Bertz CT molecular complexity index is 1370. The second-order valence-electron chi connectivity index (χ2n) is 7.26. The molecule has 1 atom stereocenters. The third-order valence-corrected chi connectivity index (χ3v) is 4.78. The fraction of sp³-hybridized carbons (Fsp3) is 0.182. The molecule has 4 rings (SSSR count). The Morgan fingerprint density at radius 3 is 2.50 bits per heavy atom. The monoisotopic (exact) mass is 527 g/mol. The van der Waals surface area contributed by atoms with Crippen molar-refractivity contribution in [1.29, 1.82) is 0 Å². The molecule has 0 unspecified atom stereocenters. The summed E-state index contributed by atoms with van der Waals surface area (Å²) < 4.78 is 47.4. The van der Waals surface area contributed by atoms with E-state index in [0.29, 0.717) is 38.7 Å². The molecule has 3 aromatic heterocycles. The van der Waals surface area contributed by atoms with Crippen molar-refractivity contribution in [3.05, 3.63) is 65.8 Å². The zero-order valence-corrected chi connectivity index (χ0v) is 18.9. The number of benzene rings is 1. The summed E-state index contributed by atoms with van der Waals surface area (Å²) in [5.74, 6) is -3.17. The lowest BCUT2D eigenvalue weighted by molar-refractivity contribution is -0.192. The molecule has 4 aromatic rings. The van der Waals surface area contributed by atoms with Crippen LogP contribution in [0.1, 0.15) is 0 Å². The van der Waals surface area contributed by atoms with Crippen molar-refractivity contribution in [2.24, 2.45) is 0 Å². The Labute approximate surface area is 205 Å². The predicted molar refractivity (Wildman–Crippen MR) is 122 cm³/mol. The average Bonchev–Trinajstić information content (AvgIpc) is 3.24. The van der Waals surface area contributed by atoms with Gasteiger partial charge in [-0.3, -0.25) is 14.6 Å². The van der Waals surface area contributed by atoms with Crippen LogP contribution in [-0.4, -0.2) is 59.9 Å². The Kier molecular flexibility index (Phi) is 8.40. The number of carbonyl (C=O) groups is 1. The van der Waals surface area contributed by atoms with E-state index in [1.807, 2.05) is 0 Å². The maximum absolute atomic E-state index is 14.2. The number of carboxylic acids is 1. The largest absolute Gasteiger partial charge is 0.490 e. The topological polar surface area (TPSA) is 133 Å². The number of pyridine rings is 2. The molecule has 0 spiro atoms. The molecule has 0 radical (unpaired) electrons. The minimum absolute atomic E-state index is 0.153. The van der Waals surface area contributed by atoms with Crippen molar-refractivity contribution in [3.8, 4) is 11.3 Å². The summed E-state index contributed by atoms with van der Waals surface area (Å²) in [5, 5.41) is 33.9. The molecule has 14 heteroatoms. The van der Waals surface area contributed by atoms with E-state index in [1.54, 1.807) is 36.8 Å². The molecule has 0 bridgehead atoms. The van der Waals surface area contributed by atoms with Gasteiger partial charge in [-0.05, 0) is 36.4 Å². The van der Waals surface area contributed by atoms with Gasteiger partial charge >= 0.3 is 12.1 Å². The van der Waals surface area contributed by atoms with Crippen molar-refractivity contribution in [2.75, 3.05) is 11.9 Å². The second-order valence-corrected chi connectivity index (χ2v) is 7.70. The molecule has 9 nitrogen and oxygen atoms in total. The van der Waals surface area contributed by atoms with Gasteiger partial charge in [0.1, 0.15) is 16.9 Å². The first-order valence-electron chi connectivity index (χ1n) is 10.1. The van der Waals surface area contributed by atoms with Crippen LogP contribution in [0.3, 0.4) is 0 Å². The number of aliphatic carboxylic acids is 1. The lowest BCUT2D eigenvalue weighted by Crippen LogP contribution is -2.21. The van der Waals surface area contributed by atoms with Crippen molar-refractivity contribution >= 4 is 40.0 Å². The second kappa shape index (κ2) is 11.3. The number of hydrogen-bond acceptors (Lipinski definition) is 7. The first kappa shape index (κ1) is 26.8. The number of carboxylic acid groups (broad SMARTS) is 1. The molecule has 0 saturated heterocycles. The molecule has 1 aromatic carbocycles. The number of halogens is 5. The van der Waals surface area contributed by atoms with Gasteiger partial charge in [-0.1, -0.05) is 11.6 Å². The minimum Gasteiger partial charge on any atom is -0.475 e. The van der Waals surface area contributed by atoms with Crippen LogP contribution >= 0.6 is 11.6 Å². The number of rotatable bonds is 6. The Morgan fingerprint density at radius 1 is 1.14 bits per heavy atom. The van der Waals surface area contributed by atoms with Gasteiger partial charge in [0.25, 0.3) is 0 Å². The third kappa shape index (κ3) is 6.87. The van der Waals surface area contributed by atoms with E-state index in [2.05, 4.69) is 20.4 Å². The zero-order valence-electron chi connectivity index (χ0n) is 18.1. The highest BCUT2D eigenvalue weighted by Crippen LogP contribution is 2.29. The molecular formula is C22H18ClF4N5O4. The van der Waals surface area contributed by atoms with E-state index >= 15 is 0 Å². The average molecular weight is 528 g/mol. The van der Waals surface area contributed by atoms with Crippen LogP contribution in [-0.2, 0) is 11.3 Å². The number of aliphatic hydroxyl groups excluding tert-OH is 2. The van der Waals surface area contributed by atoms with Gasteiger partial charge in [-0.25, -0.2) is 9.18 Å². The van der Waals surface area contributed by atoms with E-state index in [4.69, 9.17) is 26.6 Å². The van der Waals surface area contributed by atoms with Gasteiger partial charge in [-0.2, -0.15) is 18.3 Å². The normalized spacial score (nSPS) is 12.1. The van der Waals surface area contributed by atoms with Gasteiger partial charge in [0.2, 0.25) is 0 Å². The van der Waals surface area contributed by atoms with Crippen molar-refractivity contribution in [1.82, 2.24) is 19.7 Å². The maximum atomic E-state index is 14.2. The van der Waals surface area contributed by atoms with Crippen LogP contribution in [0.25, 0.3) is 22.3 Å². The number of hydrogen-bond donors (Lipinski definition) is 4. The van der Waals surface area contributed by atoms with Gasteiger partial charge < -0.3 is 20.6 Å². The molecule has 0 aliphatic heterocycles. The lowest BCUT2D eigenvalue weighted by Gasteiger charge is -2.09. The van der Waals surface area contributed by atoms with Crippen molar-refractivity contribution in [3.63, 3.8) is 0 Å². The highest BCUT2D eigenvalue weighted by molar-refractivity contribution is 6.30. The number of aliphatic hydroxyl groups is 2. The number of nitrogens with zero attached hydrogens (tertiary/aromatic N) is 4. The number of fused-ring (bicyclic) bond motifs is 1. The quantitative estimate of drug-likeness (QED) is 0.276. The van der Waals surface area contributed by atoms with E-state index in [1.165, 1.54) is 22.9 Å². The number of aromatic nitrogens is 4. The van der Waals surface area contributed by atoms with Crippen molar-refractivity contribution < 1.29 is 37.7 Å². The van der Waals surface area contributed by atoms with Crippen molar-refractivity contribution in [2.45, 2.75) is 18.8 Å². The Hall–Kier alpha value is -3.81. The van der Waals surface area contributed by atoms with Gasteiger partial charge in [0.05, 0.1) is 36.8 Å². The summed E-state index contributed by atoms with van der Waals surface area (Å²) in [6.07, 6.45) is -1.08. The minimum atomic E-state index is -5.08. The zero-order chi connectivity index (χ0) is 26.5.